The van der Waals surface area contributed by atoms with Crippen molar-refractivity contribution in [3.8, 4) is 0 Å². The lowest BCUT2D eigenvalue weighted by molar-refractivity contribution is -0.594. The van der Waals surface area contributed by atoms with Crippen molar-refractivity contribution in [2.75, 3.05) is 0 Å². The molecular weight excluding hydrogens is 223 g/mol. The molecule has 0 spiro atoms. The van der Waals surface area contributed by atoms with Gasteiger partial charge in [0.1, 0.15) is 5.38 Å². The van der Waals surface area contributed by atoms with Crippen LogP contribution in [0.1, 0.15) is 0 Å². The van der Waals surface area contributed by atoms with E-state index in [0.29, 0.717) is 6.08 Å². The van der Waals surface area contributed by atoms with Crippen LogP contribution in [0.5, 0.6) is 0 Å². The van der Waals surface area contributed by atoms with Crippen LogP contribution in [0.4, 0.5) is 13.2 Å². The van der Waals surface area contributed by atoms with Crippen LogP contribution in [0.3, 0.4) is 0 Å². The summed E-state index contributed by atoms with van der Waals surface area (Å²) in [5.74, 6) is 0. The van der Waals surface area contributed by atoms with Crippen LogP contribution in [0.15, 0.2) is 23.3 Å². The van der Waals surface area contributed by atoms with Crippen LogP contribution in [0, 0.1) is 10.1 Å². The van der Waals surface area contributed by atoms with Crippen LogP contribution < -0.4 is 0 Å². The predicted octanol–water partition coefficient (Wildman–Crippen LogP) is 2.05. The summed E-state index contributed by atoms with van der Waals surface area (Å²) in [5, 5.41) is 8.84. The van der Waals surface area contributed by atoms with Gasteiger partial charge < -0.3 is 0 Å². The summed E-state index contributed by atoms with van der Waals surface area (Å²) in [6.45, 7) is 0. The number of halogens is 4. The van der Waals surface area contributed by atoms with E-state index in [0.717, 1.165) is 0 Å². The lowest BCUT2D eigenvalue weighted by Gasteiger charge is -2.24. The lowest BCUT2D eigenvalue weighted by atomic mass is 9.97. The Kier molecular flexibility index (Phi) is 1.57. The van der Waals surface area contributed by atoms with E-state index in [1.54, 1.807) is 0 Å². The first-order chi connectivity index (χ1) is 6.30. The molecule has 0 saturated carbocycles. The van der Waals surface area contributed by atoms with Crippen molar-refractivity contribution in [1.29, 1.82) is 0 Å². The molecule has 0 amide bonds. The number of allylic oxidation sites excluding steroid dienone is 2. The monoisotopic (exact) mass is 225 g/mol. The molecule has 14 heavy (non-hydrogen) atoms. The number of nitro groups is 1. The molecule has 2 aliphatic rings. The van der Waals surface area contributed by atoms with E-state index in [2.05, 4.69) is 0 Å². The number of hydrogen-bond acceptors (Lipinski definition) is 2. The second kappa shape index (κ2) is 2.31. The van der Waals surface area contributed by atoms with Crippen LogP contribution in [-0.2, 0) is 0 Å². The van der Waals surface area contributed by atoms with Crippen molar-refractivity contribution < 1.29 is 18.1 Å². The SMILES string of the molecule is O=[N+]([O-])[C@]1(C(F)(F)F)C=C2C=C2[C@H]1Cl. The van der Waals surface area contributed by atoms with E-state index >= 15 is 0 Å². The molecule has 3 nitrogen and oxygen atoms in total. The molecule has 2 aliphatic carbocycles. The molecule has 0 aliphatic heterocycles. The van der Waals surface area contributed by atoms with Gasteiger partial charge in [0, 0.05) is 11.0 Å². The zero-order valence-electron chi connectivity index (χ0n) is 6.51. The summed E-state index contributed by atoms with van der Waals surface area (Å²) in [4.78, 5) is 9.11. The van der Waals surface area contributed by atoms with Gasteiger partial charge in [0.25, 0.3) is 0 Å². The fourth-order valence-electron chi connectivity index (χ4n) is 1.50. The zero-order valence-corrected chi connectivity index (χ0v) is 7.26. The van der Waals surface area contributed by atoms with Gasteiger partial charge in [-0.25, -0.2) is 0 Å². The maximum Gasteiger partial charge on any atom is 0.466 e. The number of hydrogen-bond donors (Lipinski definition) is 0. The van der Waals surface area contributed by atoms with E-state index in [1.165, 1.54) is 6.08 Å². The van der Waals surface area contributed by atoms with E-state index in [4.69, 9.17) is 11.6 Å². The van der Waals surface area contributed by atoms with E-state index in [-0.39, 0.29) is 11.1 Å². The minimum absolute atomic E-state index is 0.223. The van der Waals surface area contributed by atoms with Crippen molar-refractivity contribution in [2.24, 2.45) is 0 Å². The van der Waals surface area contributed by atoms with Gasteiger partial charge >= 0.3 is 11.7 Å². The van der Waals surface area contributed by atoms with Gasteiger partial charge in [-0.1, -0.05) is 0 Å². The van der Waals surface area contributed by atoms with Crippen LogP contribution in [-0.4, -0.2) is 22.0 Å². The van der Waals surface area contributed by atoms with E-state index in [9.17, 15) is 23.3 Å². The summed E-state index contributed by atoms with van der Waals surface area (Å²) in [6, 6.07) is 0. The molecule has 0 heterocycles. The van der Waals surface area contributed by atoms with Gasteiger partial charge in [-0.2, -0.15) is 13.2 Å². The molecule has 0 N–H and O–H groups in total. The highest BCUT2D eigenvalue weighted by atomic mass is 35.5. The van der Waals surface area contributed by atoms with Crippen LogP contribution in [0.25, 0.3) is 0 Å². The molecule has 0 unspecified atom stereocenters. The summed E-state index contributed by atoms with van der Waals surface area (Å²) in [5.41, 5.74) is -2.66. The quantitative estimate of drug-likeness (QED) is 0.389. The molecule has 0 bridgehead atoms. The summed E-state index contributed by atoms with van der Waals surface area (Å²) in [6.07, 6.45) is -2.98. The van der Waals surface area contributed by atoms with Crippen molar-refractivity contribution in [2.45, 2.75) is 17.1 Å². The highest BCUT2D eigenvalue weighted by molar-refractivity contribution is 6.25. The smallest absolute Gasteiger partial charge is 0.263 e. The average Bonchev–Trinajstić information content (AvgIpc) is 2.69. The molecule has 0 fully saturated rings. The third-order valence-electron chi connectivity index (χ3n) is 2.35. The number of alkyl halides is 4. The predicted molar refractivity (Wildman–Crippen MR) is 41.6 cm³/mol. The first-order valence-corrected chi connectivity index (χ1v) is 4.04. The van der Waals surface area contributed by atoms with Gasteiger partial charge in [-0.3, -0.25) is 10.1 Å². The molecule has 2 rings (SSSR count). The fraction of sp³-hybridized carbons (Fsp3) is 0.429. The van der Waals surface area contributed by atoms with Crippen LogP contribution >= 0.6 is 11.6 Å². The molecule has 0 saturated heterocycles. The Morgan fingerprint density at radius 1 is 1.57 bits per heavy atom. The number of fused-ring (bicyclic) bond motifs is 1. The fourth-order valence-corrected chi connectivity index (χ4v) is 1.95. The minimum atomic E-state index is -4.97. The van der Waals surface area contributed by atoms with Crippen molar-refractivity contribution >= 4 is 11.6 Å². The lowest BCUT2D eigenvalue weighted by Crippen LogP contribution is -2.55. The molecule has 7 heteroatoms. The van der Waals surface area contributed by atoms with Crippen molar-refractivity contribution in [3.05, 3.63) is 33.4 Å². The van der Waals surface area contributed by atoms with Gasteiger partial charge in [0.2, 0.25) is 0 Å². The maximum atomic E-state index is 12.5. The first-order valence-electron chi connectivity index (χ1n) is 3.61. The molecule has 0 aromatic heterocycles. The number of nitrogens with zero attached hydrogens (tertiary/aromatic N) is 1. The minimum Gasteiger partial charge on any atom is -0.263 e. The standard InChI is InChI=1S/C7H3ClF3NO2/c8-5-4-1-3(4)2-6(5,12(13)14)7(9,10)11/h1-2,5H/t5-,6-/m1/s1. The second-order valence-electron chi connectivity index (χ2n) is 3.14. The largest absolute Gasteiger partial charge is 0.466 e. The van der Waals surface area contributed by atoms with Gasteiger partial charge in [-0.15, -0.1) is 11.6 Å². The maximum absolute atomic E-state index is 12.5. The molecular formula is C7H3ClF3NO2. The Bertz CT molecular complexity index is 387. The van der Waals surface area contributed by atoms with Gasteiger partial charge in [0.05, 0.1) is 0 Å². The Hall–Kier alpha value is -1.04. The van der Waals surface area contributed by atoms with Crippen LogP contribution in [0.2, 0.25) is 0 Å². The third-order valence-corrected chi connectivity index (χ3v) is 2.92. The summed E-state index contributed by atoms with van der Waals surface area (Å²) < 4.78 is 37.5. The normalized spacial score (nSPS) is 34.7. The third kappa shape index (κ3) is 0.890. The Labute approximate surface area is 81.0 Å². The molecule has 2 atom stereocenters. The summed E-state index contributed by atoms with van der Waals surface area (Å²) >= 11 is 5.42. The Morgan fingerprint density at radius 3 is 2.36 bits per heavy atom. The highest BCUT2D eigenvalue weighted by Gasteiger charge is 2.74. The van der Waals surface area contributed by atoms with Crippen molar-refractivity contribution in [1.82, 2.24) is 0 Å². The molecule has 0 aromatic rings. The second-order valence-corrected chi connectivity index (χ2v) is 3.58. The van der Waals surface area contributed by atoms with E-state index < -0.39 is 22.0 Å². The molecule has 0 radical (unpaired) electrons. The Balaban J connectivity index is 2.50. The molecule has 76 valence electrons. The van der Waals surface area contributed by atoms with Crippen molar-refractivity contribution in [3.63, 3.8) is 0 Å². The van der Waals surface area contributed by atoms with Gasteiger partial charge in [-0.05, 0) is 17.2 Å². The average molecular weight is 226 g/mol. The highest BCUT2D eigenvalue weighted by Crippen LogP contribution is 2.54. The van der Waals surface area contributed by atoms with Gasteiger partial charge in [0.15, 0.2) is 0 Å². The zero-order chi connectivity index (χ0) is 10.7. The van der Waals surface area contributed by atoms with E-state index in [1.807, 2.05) is 0 Å². The first kappa shape index (κ1) is 9.51. The Morgan fingerprint density at radius 2 is 2.14 bits per heavy atom. The molecule has 0 aromatic carbocycles. The summed E-state index contributed by atoms with van der Waals surface area (Å²) in [7, 11) is 0. The number of rotatable bonds is 1. The topological polar surface area (TPSA) is 43.1 Å².